The summed E-state index contributed by atoms with van der Waals surface area (Å²) in [6.45, 7) is 8.41. The van der Waals surface area contributed by atoms with Crippen molar-refractivity contribution < 1.29 is 13.7 Å². The van der Waals surface area contributed by atoms with Crippen LogP contribution in [0.3, 0.4) is 0 Å². The summed E-state index contributed by atoms with van der Waals surface area (Å²) in [4.78, 5) is 18.4. The van der Waals surface area contributed by atoms with Gasteiger partial charge in [-0.25, -0.2) is 4.39 Å². The number of nitriles is 1. The highest BCUT2D eigenvalue weighted by atomic mass is 127. The minimum absolute atomic E-state index is 0.00620. The molecule has 7 nitrogen and oxygen atoms in total. The Morgan fingerprint density at radius 1 is 1.46 bits per heavy atom. The van der Waals surface area contributed by atoms with Gasteiger partial charge in [-0.2, -0.15) is 10.2 Å². The number of aromatic nitrogens is 2. The van der Waals surface area contributed by atoms with Crippen molar-refractivity contribution in [1.29, 1.82) is 5.26 Å². The highest BCUT2D eigenvalue weighted by Crippen LogP contribution is 2.58. The van der Waals surface area contributed by atoms with E-state index in [9.17, 15) is 14.4 Å². The third-order valence-corrected chi connectivity index (χ3v) is 9.15. The summed E-state index contributed by atoms with van der Waals surface area (Å²) < 4.78 is 18.7. The van der Waals surface area contributed by atoms with Gasteiger partial charge in [-0.1, -0.05) is 41.6 Å². The van der Waals surface area contributed by atoms with Gasteiger partial charge in [0.15, 0.2) is 5.82 Å². The Morgan fingerprint density at radius 2 is 2.18 bits per heavy atom. The van der Waals surface area contributed by atoms with Crippen molar-refractivity contribution in [1.82, 2.24) is 20.4 Å². The van der Waals surface area contributed by atoms with Gasteiger partial charge >= 0.3 is 0 Å². The second-order valence-corrected chi connectivity index (χ2v) is 10.8. The van der Waals surface area contributed by atoms with E-state index in [1.54, 1.807) is 6.92 Å². The van der Waals surface area contributed by atoms with Gasteiger partial charge in [-0.05, 0) is 25.2 Å². The molecule has 0 bridgehead atoms. The molecule has 1 aliphatic carbocycles. The van der Waals surface area contributed by atoms with Crippen LogP contribution in [-0.4, -0.2) is 55.2 Å². The number of hydrogen-bond acceptors (Lipinski definition) is 6. The molecule has 1 saturated heterocycles. The molecule has 1 saturated carbocycles. The molecule has 0 aromatic carbocycles. The van der Waals surface area contributed by atoms with E-state index in [2.05, 4.69) is 58.8 Å². The molecule has 9 heteroatoms. The lowest BCUT2D eigenvalue weighted by Crippen LogP contribution is -2.58. The lowest BCUT2D eigenvalue weighted by Gasteiger charge is -2.46. The zero-order chi connectivity index (χ0) is 20.7. The molecule has 0 spiro atoms. The van der Waals surface area contributed by atoms with Gasteiger partial charge in [0.05, 0.1) is 19.2 Å². The highest BCUT2D eigenvalue weighted by molar-refractivity contribution is 14.1. The number of carbonyl (C=O) groups excluding carboxylic acids is 1. The Kier molecular flexibility index (Phi) is 5.75. The van der Waals surface area contributed by atoms with E-state index in [-0.39, 0.29) is 39.8 Å². The maximum atomic E-state index is 13.6. The summed E-state index contributed by atoms with van der Waals surface area (Å²) in [6, 6.07) is 1.37. The van der Waals surface area contributed by atoms with Gasteiger partial charge in [0, 0.05) is 28.7 Å². The van der Waals surface area contributed by atoms with Crippen molar-refractivity contribution in [3.63, 3.8) is 0 Å². The van der Waals surface area contributed by atoms with E-state index in [0.717, 1.165) is 12.8 Å². The second kappa shape index (κ2) is 7.52. The molecule has 4 atom stereocenters. The van der Waals surface area contributed by atoms with Gasteiger partial charge in [-0.15, -0.1) is 0 Å². The number of amides is 1. The van der Waals surface area contributed by atoms with Crippen molar-refractivity contribution >= 4 is 28.5 Å². The molecule has 0 radical (unpaired) electrons. The summed E-state index contributed by atoms with van der Waals surface area (Å²) >= 11 is 2.50. The predicted molar refractivity (Wildman–Crippen MR) is 110 cm³/mol. The van der Waals surface area contributed by atoms with E-state index in [4.69, 9.17) is 4.52 Å². The molecule has 2 fully saturated rings. The van der Waals surface area contributed by atoms with Crippen molar-refractivity contribution in [2.45, 2.75) is 74.6 Å². The molecule has 0 unspecified atom stereocenters. The molecule has 1 aromatic heterocycles. The van der Waals surface area contributed by atoms with E-state index in [1.165, 1.54) is 4.90 Å². The van der Waals surface area contributed by atoms with E-state index >= 15 is 0 Å². The molecule has 2 aliphatic rings. The first-order valence-corrected chi connectivity index (χ1v) is 10.7. The lowest BCUT2D eigenvalue weighted by atomic mass is 9.70. The number of halogens is 2. The van der Waals surface area contributed by atoms with Gasteiger partial charge in [-0.3, -0.25) is 4.79 Å². The fourth-order valence-electron chi connectivity index (χ4n) is 4.40. The summed E-state index contributed by atoms with van der Waals surface area (Å²) in [5.41, 5.74) is -0.461. The van der Waals surface area contributed by atoms with Crippen LogP contribution in [0, 0.1) is 23.7 Å². The first kappa shape index (κ1) is 21.4. The fraction of sp³-hybridized carbons (Fsp3) is 0.789. The van der Waals surface area contributed by atoms with Crippen molar-refractivity contribution in [2.24, 2.45) is 5.41 Å². The molecule has 1 N–H and O–H groups in total. The van der Waals surface area contributed by atoms with Crippen LogP contribution in [0.1, 0.15) is 51.7 Å². The number of rotatable bonds is 5. The molecule has 1 aliphatic heterocycles. The minimum atomic E-state index is -1.12. The number of hydrogen-bond donors (Lipinski definition) is 1. The number of aryl methyl sites for hydroxylation is 1. The SMILES string of the molecule is Cc1nc(C[C@@]2(I)CC[C@@](C)(NCC(=O)N3C[C@@H](F)C[C@H]3C#N)C2(C)C)no1. The monoisotopic (exact) mass is 503 g/mol. The third-order valence-electron chi connectivity index (χ3n) is 6.88. The molecular formula is C19H27FIN5O2. The van der Waals surface area contributed by atoms with Gasteiger partial charge in [0.1, 0.15) is 12.2 Å². The first-order valence-electron chi connectivity index (χ1n) is 9.58. The normalized spacial score (nSPS) is 34.5. The summed E-state index contributed by atoms with van der Waals surface area (Å²) in [5, 5.41) is 16.7. The Labute approximate surface area is 178 Å². The summed E-state index contributed by atoms with van der Waals surface area (Å²) in [6.07, 6.45) is 1.51. The van der Waals surface area contributed by atoms with Crippen LogP contribution in [0.4, 0.5) is 4.39 Å². The van der Waals surface area contributed by atoms with Crippen LogP contribution in [0.25, 0.3) is 0 Å². The van der Waals surface area contributed by atoms with Crippen LogP contribution in [0.15, 0.2) is 4.52 Å². The molecule has 3 rings (SSSR count). The van der Waals surface area contributed by atoms with Gasteiger partial charge in [0.25, 0.3) is 0 Å². The Balaban J connectivity index is 1.68. The second-order valence-electron chi connectivity index (χ2n) is 8.71. The highest BCUT2D eigenvalue weighted by Gasteiger charge is 2.59. The summed E-state index contributed by atoms with van der Waals surface area (Å²) in [5.74, 6) is 1.04. The van der Waals surface area contributed by atoms with Crippen molar-refractivity contribution in [3.05, 3.63) is 11.7 Å². The standard InChI is InChI=1S/C19H27FIN5O2/c1-12-24-15(25-28-12)8-19(21)6-5-18(4,17(19,2)3)23-10-16(27)26-11-13(20)7-14(26)9-22/h13-14,23H,5-8,10-11H2,1-4H3/t13-,14-,18+,19-/m0/s1. The quantitative estimate of drug-likeness (QED) is 0.491. The number of nitrogens with one attached hydrogen (secondary N) is 1. The fourth-order valence-corrected chi connectivity index (χ4v) is 5.61. The Bertz CT molecular complexity index is 794. The van der Waals surface area contributed by atoms with Gasteiger partial charge < -0.3 is 14.7 Å². The smallest absolute Gasteiger partial charge is 0.237 e. The zero-order valence-electron chi connectivity index (χ0n) is 16.8. The van der Waals surface area contributed by atoms with E-state index in [0.29, 0.717) is 18.1 Å². The topological polar surface area (TPSA) is 95.1 Å². The number of likely N-dealkylation sites (tertiary alicyclic amines) is 1. The van der Waals surface area contributed by atoms with Crippen LogP contribution in [0.5, 0.6) is 0 Å². The molecule has 154 valence electrons. The maximum Gasteiger partial charge on any atom is 0.237 e. The van der Waals surface area contributed by atoms with E-state index < -0.39 is 12.2 Å². The van der Waals surface area contributed by atoms with Crippen molar-refractivity contribution in [3.8, 4) is 6.07 Å². The number of alkyl halides is 2. The van der Waals surface area contributed by atoms with Crippen LogP contribution in [0.2, 0.25) is 0 Å². The van der Waals surface area contributed by atoms with E-state index in [1.807, 2.05) is 6.07 Å². The zero-order valence-corrected chi connectivity index (χ0v) is 18.9. The Hall–Kier alpha value is -1.28. The van der Waals surface area contributed by atoms with Crippen LogP contribution in [-0.2, 0) is 11.2 Å². The molecule has 28 heavy (non-hydrogen) atoms. The average Bonchev–Trinajstić information content (AvgIpc) is 3.26. The minimum Gasteiger partial charge on any atom is -0.340 e. The van der Waals surface area contributed by atoms with Crippen LogP contribution < -0.4 is 5.32 Å². The number of nitrogens with zero attached hydrogens (tertiary/aromatic N) is 4. The number of carbonyl (C=O) groups is 1. The van der Waals surface area contributed by atoms with Crippen LogP contribution >= 0.6 is 22.6 Å². The molecular weight excluding hydrogens is 476 g/mol. The molecule has 1 aromatic rings. The molecule has 2 heterocycles. The van der Waals surface area contributed by atoms with Gasteiger partial charge in [0.2, 0.25) is 11.8 Å². The predicted octanol–water partition coefficient (Wildman–Crippen LogP) is 2.73. The third kappa shape index (κ3) is 3.65. The first-order chi connectivity index (χ1) is 13.0. The maximum absolute atomic E-state index is 13.6. The summed E-state index contributed by atoms with van der Waals surface area (Å²) in [7, 11) is 0. The van der Waals surface area contributed by atoms with Crippen molar-refractivity contribution in [2.75, 3.05) is 13.1 Å². The average molecular weight is 503 g/mol. The largest absolute Gasteiger partial charge is 0.340 e. The Morgan fingerprint density at radius 3 is 2.79 bits per heavy atom. The lowest BCUT2D eigenvalue weighted by molar-refractivity contribution is -0.131. The molecule has 1 amide bonds.